The Morgan fingerprint density at radius 1 is 1.02 bits per heavy atom. The van der Waals surface area contributed by atoms with Gasteiger partial charge in [0, 0.05) is 18.9 Å². The van der Waals surface area contributed by atoms with Crippen molar-refractivity contribution in [3.63, 3.8) is 0 Å². The number of benzene rings is 2. The second kappa shape index (κ2) is 12.2. The highest BCUT2D eigenvalue weighted by atomic mass is 19.4. The van der Waals surface area contributed by atoms with E-state index in [0.717, 1.165) is 18.2 Å². The fraction of sp³-hybridized carbons (Fsp3) is 0.259. The molecule has 42 heavy (non-hydrogen) atoms. The molecule has 0 radical (unpaired) electrons. The third-order valence-corrected chi connectivity index (χ3v) is 6.00. The number of aromatic nitrogens is 1. The first kappa shape index (κ1) is 29.9. The molecule has 4 N–H and O–H groups in total. The van der Waals surface area contributed by atoms with Crippen LogP contribution in [0.25, 0.3) is 5.69 Å². The molecule has 1 atom stereocenters. The van der Waals surface area contributed by atoms with Crippen molar-refractivity contribution in [3.8, 4) is 5.69 Å². The van der Waals surface area contributed by atoms with Gasteiger partial charge in [-0.3, -0.25) is 4.79 Å². The minimum absolute atomic E-state index is 0.00428. The van der Waals surface area contributed by atoms with Crippen molar-refractivity contribution in [2.45, 2.75) is 32.6 Å². The topological polar surface area (TPSA) is 140 Å². The van der Waals surface area contributed by atoms with Crippen LogP contribution in [0.2, 0.25) is 0 Å². The molecule has 1 aromatic heterocycles. The van der Waals surface area contributed by atoms with Gasteiger partial charge in [0.2, 0.25) is 6.04 Å². The summed E-state index contributed by atoms with van der Waals surface area (Å²) in [5.41, 5.74) is -1.30. The van der Waals surface area contributed by atoms with Crippen molar-refractivity contribution >= 4 is 40.9 Å². The first-order valence-electron chi connectivity index (χ1n) is 12.6. The van der Waals surface area contributed by atoms with Crippen LogP contribution in [0.5, 0.6) is 0 Å². The number of nitrogens with zero attached hydrogens (tertiary/aromatic N) is 1. The number of fused-ring (bicyclic) bond motifs is 1. The standard InChI is InChI=1S/C27H25F4N5O6/c1-3-41-24(38)15-5-6-18(17(28)9-15)35-26(40)32-12-14-7-8-36(13-14)21-11-20-19(10-16(21)27(29,30)31)34-23(37)22(33-20)25(39)42-4-2/h5-11,13,22,33H,3-4,12H2,1-2H3,(H,34,37)(H2,32,35,40). The number of halogens is 4. The van der Waals surface area contributed by atoms with Crippen LogP contribution in [0.4, 0.5) is 39.4 Å². The Balaban J connectivity index is 1.49. The van der Waals surface area contributed by atoms with Crippen LogP contribution in [0.3, 0.4) is 0 Å². The summed E-state index contributed by atoms with van der Waals surface area (Å²) in [5, 5.41) is 9.69. The quantitative estimate of drug-likeness (QED) is 0.173. The molecule has 1 unspecified atom stereocenters. The van der Waals surface area contributed by atoms with E-state index in [1.54, 1.807) is 13.8 Å². The normalized spacial score (nSPS) is 14.2. The lowest BCUT2D eigenvalue weighted by Gasteiger charge is -2.27. The van der Waals surface area contributed by atoms with Gasteiger partial charge in [0.15, 0.2) is 0 Å². The Bertz CT molecular complexity index is 1540. The number of urea groups is 1. The fourth-order valence-electron chi connectivity index (χ4n) is 4.07. The van der Waals surface area contributed by atoms with Gasteiger partial charge < -0.3 is 35.3 Å². The molecule has 0 spiro atoms. The Morgan fingerprint density at radius 3 is 2.43 bits per heavy atom. The van der Waals surface area contributed by atoms with Crippen molar-refractivity contribution in [1.29, 1.82) is 0 Å². The summed E-state index contributed by atoms with van der Waals surface area (Å²) >= 11 is 0. The summed E-state index contributed by atoms with van der Waals surface area (Å²) in [5.74, 6) is -3.33. The summed E-state index contributed by atoms with van der Waals surface area (Å²) in [7, 11) is 0. The zero-order valence-corrected chi connectivity index (χ0v) is 22.2. The number of hydrogen-bond donors (Lipinski definition) is 4. The average Bonchev–Trinajstić information content (AvgIpc) is 3.41. The van der Waals surface area contributed by atoms with E-state index in [1.807, 2.05) is 0 Å². The molecule has 3 amide bonds. The Hall–Kier alpha value is -5.08. The maximum atomic E-state index is 14.3. The molecule has 222 valence electrons. The second-order valence-electron chi connectivity index (χ2n) is 8.88. The number of nitrogens with one attached hydrogen (secondary N) is 4. The molecule has 4 rings (SSSR count). The predicted octanol–water partition coefficient (Wildman–Crippen LogP) is 4.43. The fourth-order valence-corrected chi connectivity index (χ4v) is 4.07. The molecular formula is C27H25F4N5O6. The molecule has 0 saturated carbocycles. The van der Waals surface area contributed by atoms with E-state index < -0.39 is 47.5 Å². The van der Waals surface area contributed by atoms with Crippen molar-refractivity contribution < 1.29 is 46.2 Å². The van der Waals surface area contributed by atoms with Crippen LogP contribution in [-0.4, -0.2) is 47.7 Å². The van der Waals surface area contributed by atoms with Gasteiger partial charge in [0.1, 0.15) is 5.82 Å². The molecule has 3 aromatic rings. The first-order chi connectivity index (χ1) is 19.9. The number of anilines is 3. The second-order valence-corrected chi connectivity index (χ2v) is 8.88. The number of carbonyl (C=O) groups excluding carboxylic acids is 4. The van der Waals surface area contributed by atoms with Crippen molar-refractivity contribution in [2.75, 3.05) is 29.2 Å². The molecule has 2 heterocycles. The van der Waals surface area contributed by atoms with Crippen LogP contribution in [0.15, 0.2) is 48.8 Å². The van der Waals surface area contributed by atoms with Gasteiger partial charge in [0.05, 0.1) is 47.1 Å². The van der Waals surface area contributed by atoms with Crippen LogP contribution in [0.1, 0.15) is 35.3 Å². The highest BCUT2D eigenvalue weighted by Crippen LogP contribution is 2.40. The molecule has 1 aliphatic rings. The number of esters is 2. The molecular weight excluding hydrogens is 566 g/mol. The third-order valence-electron chi connectivity index (χ3n) is 6.00. The van der Waals surface area contributed by atoms with Gasteiger partial charge >= 0.3 is 24.1 Å². The molecule has 1 aliphatic heterocycles. The van der Waals surface area contributed by atoms with Crippen molar-refractivity contribution in [3.05, 3.63) is 71.3 Å². The van der Waals surface area contributed by atoms with Gasteiger partial charge in [-0.05, 0) is 55.8 Å². The van der Waals surface area contributed by atoms with E-state index in [1.165, 1.54) is 35.2 Å². The molecule has 2 aromatic carbocycles. The van der Waals surface area contributed by atoms with Crippen LogP contribution >= 0.6 is 0 Å². The zero-order valence-electron chi connectivity index (χ0n) is 22.2. The molecule has 0 saturated heterocycles. The lowest BCUT2D eigenvalue weighted by atomic mass is 10.1. The van der Waals surface area contributed by atoms with E-state index in [9.17, 15) is 36.7 Å². The number of hydrogen-bond acceptors (Lipinski definition) is 7. The summed E-state index contributed by atoms with van der Waals surface area (Å²) in [4.78, 5) is 48.5. The van der Waals surface area contributed by atoms with E-state index >= 15 is 0 Å². The number of ether oxygens (including phenoxy) is 2. The molecule has 0 fully saturated rings. The van der Waals surface area contributed by atoms with Crippen LogP contribution in [0, 0.1) is 5.82 Å². The summed E-state index contributed by atoms with van der Waals surface area (Å²) < 4.78 is 67.1. The highest BCUT2D eigenvalue weighted by Gasteiger charge is 2.38. The molecule has 0 aliphatic carbocycles. The SMILES string of the molecule is CCOC(=O)c1ccc(NC(=O)NCc2ccn(-c3cc4c(cc3C(F)(F)F)NC(=O)C(C(=O)OCC)N4)c2)c(F)c1. The maximum absolute atomic E-state index is 14.3. The number of alkyl halides is 3. The van der Waals surface area contributed by atoms with Gasteiger partial charge in [-0.15, -0.1) is 0 Å². The minimum Gasteiger partial charge on any atom is -0.464 e. The molecule has 0 bridgehead atoms. The van der Waals surface area contributed by atoms with E-state index in [-0.39, 0.29) is 48.1 Å². The smallest absolute Gasteiger partial charge is 0.418 e. The average molecular weight is 592 g/mol. The van der Waals surface area contributed by atoms with Crippen LogP contribution < -0.4 is 21.3 Å². The number of carbonyl (C=O) groups is 4. The van der Waals surface area contributed by atoms with E-state index in [0.29, 0.717) is 5.56 Å². The Kier molecular flexibility index (Phi) is 8.68. The summed E-state index contributed by atoms with van der Waals surface area (Å²) in [6.07, 6.45) is -2.12. The van der Waals surface area contributed by atoms with Crippen LogP contribution in [-0.2, 0) is 31.8 Å². The van der Waals surface area contributed by atoms with E-state index in [2.05, 4.69) is 21.3 Å². The third kappa shape index (κ3) is 6.62. The lowest BCUT2D eigenvalue weighted by Crippen LogP contribution is -2.45. The summed E-state index contributed by atoms with van der Waals surface area (Å²) in [6.45, 7) is 3.13. The molecule has 11 nitrogen and oxygen atoms in total. The monoisotopic (exact) mass is 591 g/mol. The predicted molar refractivity (Wildman–Crippen MR) is 142 cm³/mol. The van der Waals surface area contributed by atoms with Crippen molar-refractivity contribution in [1.82, 2.24) is 9.88 Å². The Labute approximate surface area is 236 Å². The maximum Gasteiger partial charge on any atom is 0.418 e. The van der Waals surface area contributed by atoms with Gasteiger partial charge in [-0.25, -0.2) is 18.8 Å². The van der Waals surface area contributed by atoms with Gasteiger partial charge in [-0.1, -0.05) is 0 Å². The lowest BCUT2D eigenvalue weighted by molar-refractivity contribution is -0.146. The molecule has 15 heteroatoms. The first-order valence-corrected chi connectivity index (χ1v) is 12.6. The number of rotatable bonds is 8. The van der Waals surface area contributed by atoms with Gasteiger partial charge in [0.25, 0.3) is 5.91 Å². The van der Waals surface area contributed by atoms with Gasteiger partial charge in [-0.2, -0.15) is 13.2 Å². The van der Waals surface area contributed by atoms with E-state index in [4.69, 9.17) is 9.47 Å². The highest BCUT2D eigenvalue weighted by molar-refractivity contribution is 6.14. The number of amides is 3. The summed E-state index contributed by atoms with van der Waals surface area (Å²) in [6, 6.07) is 4.49. The minimum atomic E-state index is -4.80. The largest absolute Gasteiger partial charge is 0.464 e. The van der Waals surface area contributed by atoms with Crippen molar-refractivity contribution in [2.24, 2.45) is 0 Å². The zero-order chi connectivity index (χ0) is 30.6. The Morgan fingerprint density at radius 2 is 1.76 bits per heavy atom.